The van der Waals surface area contributed by atoms with Crippen LogP contribution in [0.2, 0.25) is 0 Å². The maximum Gasteiger partial charge on any atom is 0.119 e. The van der Waals surface area contributed by atoms with Crippen molar-refractivity contribution in [3.8, 4) is 28.7 Å². The van der Waals surface area contributed by atoms with Gasteiger partial charge < -0.3 is 4.74 Å². The molecule has 1 saturated carbocycles. The average Bonchev–Trinajstić information content (AvgIpc) is 2.76. The molecule has 0 unspecified atom stereocenters. The highest BCUT2D eigenvalue weighted by atomic mass is 16.5. The molecule has 1 aliphatic carbocycles. The Morgan fingerprint density at radius 2 is 1.46 bits per heavy atom. The monoisotopic (exact) mass is 374 g/mol. The van der Waals surface area contributed by atoms with E-state index in [0.717, 1.165) is 30.3 Å². The van der Waals surface area contributed by atoms with Crippen molar-refractivity contribution in [1.29, 1.82) is 0 Å². The Balaban J connectivity index is 1.53. The number of hydrogen-bond donors (Lipinski definition) is 0. The molecule has 28 heavy (non-hydrogen) atoms. The fourth-order valence-corrected chi connectivity index (χ4v) is 3.98. The standard InChI is InChI=1S/C27H34O/c1-3-5-6-22-7-9-23(10-8-22)11-12-24-13-15-25(16-14-24)26-17-19-27(20-18-26)28-21-4-2/h13-20,22-23H,3-10,21H2,1-2H3. The van der Waals surface area contributed by atoms with Crippen molar-refractivity contribution in [3.05, 3.63) is 54.1 Å². The van der Waals surface area contributed by atoms with E-state index in [0.29, 0.717) is 5.92 Å². The zero-order chi connectivity index (χ0) is 19.6. The summed E-state index contributed by atoms with van der Waals surface area (Å²) >= 11 is 0. The normalized spacial score (nSPS) is 18.9. The van der Waals surface area contributed by atoms with Crippen LogP contribution in [0.4, 0.5) is 0 Å². The number of hydrogen-bond acceptors (Lipinski definition) is 1. The van der Waals surface area contributed by atoms with E-state index in [1.165, 1.54) is 56.1 Å². The van der Waals surface area contributed by atoms with Gasteiger partial charge >= 0.3 is 0 Å². The highest BCUT2D eigenvalue weighted by molar-refractivity contribution is 5.65. The third-order valence-corrected chi connectivity index (χ3v) is 5.78. The van der Waals surface area contributed by atoms with Gasteiger partial charge in [0.25, 0.3) is 0 Å². The molecule has 0 N–H and O–H groups in total. The minimum absolute atomic E-state index is 0.591. The molecule has 0 amide bonds. The van der Waals surface area contributed by atoms with Crippen LogP contribution in [0.3, 0.4) is 0 Å². The zero-order valence-electron chi connectivity index (χ0n) is 17.5. The van der Waals surface area contributed by atoms with Crippen LogP contribution in [0, 0.1) is 23.7 Å². The first kappa shape index (κ1) is 20.5. The minimum Gasteiger partial charge on any atom is -0.494 e. The molecule has 2 aromatic rings. The van der Waals surface area contributed by atoms with E-state index >= 15 is 0 Å². The number of unbranched alkanes of at least 4 members (excludes halogenated alkanes) is 1. The van der Waals surface area contributed by atoms with E-state index in [-0.39, 0.29) is 0 Å². The number of ether oxygens (including phenoxy) is 1. The molecule has 2 aromatic carbocycles. The topological polar surface area (TPSA) is 9.23 Å². The van der Waals surface area contributed by atoms with E-state index < -0.39 is 0 Å². The van der Waals surface area contributed by atoms with Crippen molar-refractivity contribution >= 4 is 0 Å². The smallest absolute Gasteiger partial charge is 0.119 e. The van der Waals surface area contributed by atoms with Gasteiger partial charge in [-0.1, -0.05) is 69.2 Å². The van der Waals surface area contributed by atoms with Crippen LogP contribution >= 0.6 is 0 Å². The Hall–Kier alpha value is -2.20. The van der Waals surface area contributed by atoms with Gasteiger partial charge in [-0.2, -0.15) is 0 Å². The maximum absolute atomic E-state index is 5.66. The quantitative estimate of drug-likeness (QED) is 0.456. The molecule has 0 atom stereocenters. The number of benzene rings is 2. The van der Waals surface area contributed by atoms with Crippen molar-refractivity contribution in [2.75, 3.05) is 6.61 Å². The SMILES string of the molecule is CCCCC1CCC(C#Cc2ccc(-c3ccc(OCCC)cc3)cc2)CC1. The van der Waals surface area contributed by atoms with Gasteiger partial charge in [0.1, 0.15) is 5.75 Å². The second-order valence-corrected chi connectivity index (χ2v) is 8.08. The molecule has 1 aliphatic rings. The van der Waals surface area contributed by atoms with Gasteiger partial charge in [0.15, 0.2) is 0 Å². The molecule has 0 spiro atoms. The summed E-state index contributed by atoms with van der Waals surface area (Å²) in [5, 5.41) is 0. The Labute approximate surface area is 171 Å². The predicted octanol–water partition coefficient (Wildman–Crippen LogP) is 7.49. The van der Waals surface area contributed by atoms with Crippen molar-refractivity contribution in [2.24, 2.45) is 11.8 Å². The van der Waals surface area contributed by atoms with Gasteiger partial charge in [-0.25, -0.2) is 0 Å². The van der Waals surface area contributed by atoms with Crippen LogP contribution in [0.1, 0.15) is 70.8 Å². The summed E-state index contributed by atoms with van der Waals surface area (Å²) in [5.74, 6) is 9.44. The lowest BCUT2D eigenvalue weighted by Gasteiger charge is -2.25. The lowest BCUT2D eigenvalue weighted by molar-refractivity contribution is 0.296. The molecule has 1 heteroatoms. The Morgan fingerprint density at radius 3 is 2.07 bits per heavy atom. The average molecular weight is 375 g/mol. The predicted molar refractivity (Wildman–Crippen MR) is 120 cm³/mol. The molecular formula is C27H34O. The first-order valence-electron chi connectivity index (χ1n) is 11.1. The van der Waals surface area contributed by atoms with E-state index in [2.05, 4.69) is 74.2 Å². The van der Waals surface area contributed by atoms with Gasteiger partial charge in [0.2, 0.25) is 0 Å². The van der Waals surface area contributed by atoms with Crippen LogP contribution in [0.15, 0.2) is 48.5 Å². The summed E-state index contributed by atoms with van der Waals surface area (Å²) in [6.07, 6.45) is 10.5. The van der Waals surface area contributed by atoms with Gasteiger partial charge in [0, 0.05) is 11.5 Å². The van der Waals surface area contributed by atoms with Gasteiger partial charge in [-0.15, -0.1) is 0 Å². The van der Waals surface area contributed by atoms with Gasteiger partial charge in [-0.05, 0) is 73.4 Å². The Kier molecular flexibility index (Phi) is 8.04. The fourth-order valence-electron chi connectivity index (χ4n) is 3.98. The first-order chi connectivity index (χ1) is 13.8. The molecule has 1 fully saturated rings. The highest BCUT2D eigenvalue weighted by Crippen LogP contribution is 2.31. The second-order valence-electron chi connectivity index (χ2n) is 8.08. The van der Waals surface area contributed by atoms with E-state index in [1.807, 2.05) is 0 Å². The van der Waals surface area contributed by atoms with Crippen LogP contribution in [0.25, 0.3) is 11.1 Å². The molecule has 0 bridgehead atoms. The molecule has 0 radical (unpaired) electrons. The third kappa shape index (κ3) is 6.16. The lowest BCUT2D eigenvalue weighted by Crippen LogP contribution is -2.13. The molecule has 0 saturated heterocycles. The molecule has 1 nitrogen and oxygen atoms in total. The van der Waals surface area contributed by atoms with Crippen LogP contribution < -0.4 is 4.74 Å². The van der Waals surface area contributed by atoms with Crippen LogP contribution in [0.5, 0.6) is 5.75 Å². The second kappa shape index (κ2) is 11.0. The molecule has 0 aromatic heterocycles. The summed E-state index contributed by atoms with van der Waals surface area (Å²) in [5.41, 5.74) is 3.57. The van der Waals surface area contributed by atoms with Crippen LogP contribution in [-0.2, 0) is 0 Å². The summed E-state index contributed by atoms with van der Waals surface area (Å²) in [6, 6.07) is 17.0. The Morgan fingerprint density at radius 1 is 0.821 bits per heavy atom. The summed E-state index contributed by atoms with van der Waals surface area (Å²) in [6.45, 7) is 5.18. The number of rotatable bonds is 7. The van der Waals surface area contributed by atoms with E-state index in [1.54, 1.807) is 0 Å². The van der Waals surface area contributed by atoms with E-state index in [9.17, 15) is 0 Å². The maximum atomic E-state index is 5.66. The highest BCUT2D eigenvalue weighted by Gasteiger charge is 2.19. The molecule has 3 rings (SSSR count). The van der Waals surface area contributed by atoms with E-state index in [4.69, 9.17) is 4.74 Å². The van der Waals surface area contributed by atoms with Crippen molar-refractivity contribution < 1.29 is 4.74 Å². The molecular weight excluding hydrogens is 340 g/mol. The summed E-state index contributed by atoms with van der Waals surface area (Å²) < 4.78 is 5.66. The van der Waals surface area contributed by atoms with Gasteiger partial charge in [-0.3, -0.25) is 0 Å². The van der Waals surface area contributed by atoms with Crippen LogP contribution in [-0.4, -0.2) is 6.61 Å². The minimum atomic E-state index is 0.591. The van der Waals surface area contributed by atoms with Crippen molar-refractivity contribution in [2.45, 2.75) is 65.2 Å². The molecule has 0 aliphatic heterocycles. The first-order valence-corrected chi connectivity index (χ1v) is 11.1. The largest absolute Gasteiger partial charge is 0.494 e. The molecule has 148 valence electrons. The van der Waals surface area contributed by atoms with Crippen molar-refractivity contribution in [3.63, 3.8) is 0 Å². The fraction of sp³-hybridized carbons (Fsp3) is 0.481. The Bertz CT molecular complexity index is 753. The van der Waals surface area contributed by atoms with Crippen molar-refractivity contribution in [1.82, 2.24) is 0 Å². The summed E-state index contributed by atoms with van der Waals surface area (Å²) in [7, 11) is 0. The third-order valence-electron chi connectivity index (χ3n) is 5.78. The lowest BCUT2D eigenvalue weighted by atomic mass is 9.80. The molecule has 0 heterocycles. The summed E-state index contributed by atoms with van der Waals surface area (Å²) in [4.78, 5) is 0. The zero-order valence-corrected chi connectivity index (χ0v) is 17.5. The van der Waals surface area contributed by atoms with Gasteiger partial charge in [0.05, 0.1) is 6.61 Å².